The topological polar surface area (TPSA) is 15.6 Å². The summed E-state index contributed by atoms with van der Waals surface area (Å²) in [5.41, 5.74) is 4.46. The summed E-state index contributed by atoms with van der Waals surface area (Å²) in [5, 5.41) is 6.50. The summed E-state index contributed by atoms with van der Waals surface area (Å²) < 4.78 is 0. The largest absolute Gasteiger partial charge is 0.226 e. The zero-order valence-electron chi connectivity index (χ0n) is 10.7. The third-order valence-electron chi connectivity index (χ3n) is 3.16. The minimum Gasteiger partial charge on any atom is -0.226 e. The minimum atomic E-state index is 0.729. The number of para-hydroxylation sites is 1. The van der Waals surface area contributed by atoms with Crippen molar-refractivity contribution < 1.29 is 0 Å². The van der Waals surface area contributed by atoms with Crippen LogP contribution in [0, 0.1) is 6.92 Å². The Kier molecular flexibility index (Phi) is 3.13. The Morgan fingerprint density at radius 3 is 2.37 bits per heavy atom. The minimum absolute atomic E-state index is 0.729. The van der Waals surface area contributed by atoms with Gasteiger partial charge in [-0.2, -0.15) is 5.10 Å². The molecule has 1 aliphatic rings. The number of anilines is 1. The molecule has 94 valence electrons. The van der Waals surface area contributed by atoms with Gasteiger partial charge in [-0.1, -0.05) is 60.2 Å². The molecule has 0 unspecified atom stereocenters. The van der Waals surface area contributed by atoms with E-state index >= 15 is 0 Å². The highest BCUT2D eigenvalue weighted by Gasteiger charge is 2.22. The molecule has 0 aromatic heterocycles. The summed E-state index contributed by atoms with van der Waals surface area (Å²) in [6.07, 6.45) is 0.729. The lowest BCUT2D eigenvalue weighted by molar-refractivity contribution is 1.17. The normalized spacial score (nSPS) is 14.7. The van der Waals surface area contributed by atoms with E-state index in [0.29, 0.717) is 0 Å². The van der Waals surface area contributed by atoms with Crippen LogP contribution in [-0.2, 0) is 0 Å². The Morgan fingerprint density at radius 2 is 1.68 bits per heavy atom. The Bertz CT molecular complexity index is 630. The van der Waals surface area contributed by atoms with Crippen LogP contribution in [0.4, 0.5) is 5.69 Å². The van der Waals surface area contributed by atoms with Gasteiger partial charge in [0, 0.05) is 6.42 Å². The molecule has 0 fully saturated rings. The van der Waals surface area contributed by atoms with Crippen LogP contribution >= 0.6 is 12.2 Å². The van der Waals surface area contributed by atoms with Crippen LogP contribution < -0.4 is 5.01 Å². The highest BCUT2D eigenvalue weighted by atomic mass is 32.1. The first-order valence-electron chi connectivity index (χ1n) is 6.26. The SMILES string of the molecule is Cc1ccc(C2=NN(c3ccccc3)C(=S)C2)cc1. The molecule has 1 heterocycles. The van der Waals surface area contributed by atoms with E-state index in [0.717, 1.165) is 28.4 Å². The Hall–Kier alpha value is -2.00. The molecule has 1 aliphatic heterocycles. The lowest BCUT2D eigenvalue weighted by Crippen LogP contribution is -2.17. The van der Waals surface area contributed by atoms with Crippen molar-refractivity contribution in [1.82, 2.24) is 0 Å². The summed E-state index contributed by atoms with van der Waals surface area (Å²) in [7, 11) is 0. The number of nitrogens with zero attached hydrogens (tertiary/aromatic N) is 2. The van der Waals surface area contributed by atoms with Gasteiger partial charge < -0.3 is 0 Å². The van der Waals surface area contributed by atoms with E-state index in [2.05, 4.69) is 36.3 Å². The number of benzene rings is 2. The average molecular weight is 266 g/mol. The predicted octanol–water partition coefficient (Wildman–Crippen LogP) is 3.94. The van der Waals surface area contributed by atoms with Crippen molar-refractivity contribution in [1.29, 1.82) is 0 Å². The number of rotatable bonds is 2. The van der Waals surface area contributed by atoms with Crippen molar-refractivity contribution in [2.24, 2.45) is 5.10 Å². The number of aryl methyl sites for hydroxylation is 1. The van der Waals surface area contributed by atoms with Crippen LogP contribution in [0.5, 0.6) is 0 Å². The maximum atomic E-state index is 5.44. The number of thiocarbonyl (C=S) groups is 1. The first-order valence-corrected chi connectivity index (χ1v) is 6.67. The predicted molar refractivity (Wildman–Crippen MR) is 83.9 cm³/mol. The van der Waals surface area contributed by atoms with Crippen molar-refractivity contribution in [2.75, 3.05) is 5.01 Å². The fraction of sp³-hybridized carbons (Fsp3) is 0.125. The quantitative estimate of drug-likeness (QED) is 0.765. The first-order chi connectivity index (χ1) is 9.24. The molecule has 0 spiro atoms. The van der Waals surface area contributed by atoms with Crippen molar-refractivity contribution in [3.63, 3.8) is 0 Å². The van der Waals surface area contributed by atoms with Gasteiger partial charge >= 0.3 is 0 Å². The van der Waals surface area contributed by atoms with Crippen molar-refractivity contribution >= 4 is 28.6 Å². The molecule has 2 aromatic carbocycles. The first kappa shape index (κ1) is 12.1. The second-order valence-electron chi connectivity index (χ2n) is 4.63. The van der Waals surface area contributed by atoms with Crippen molar-refractivity contribution in [2.45, 2.75) is 13.3 Å². The zero-order valence-corrected chi connectivity index (χ0v) is 11.5. The molecule has 19 heavy (non-hydrogen) atoms. The van der Waals surface area contributed by atoms with Gasteiger partial charge in [-0.3, -0.25) is 0 Å². The molecule has 3 rings (SSSR count). The Balaban J connectivity index is 1.93. The van der Waals surface area contributed by atoms with E-state index in [-0.39, 0.29) is 0 Å². The van der Waals surface area contributed by atoms with Gasteiger partial charge in [0.05, 0.1) is 11.4 Å². The highest BCUT2D eigenvalue weighted by Crippen LogP contribution is 2.23. The van der Waals surface area contributed by atoms with E-state index < -0.39 is 0 Å². The standard InChI is InChI=1S/C16H14N2S/c1-12-7-9-13(10-8-12)15-11-16(19)18(17-15)14-5-3-2-4-6-14/h2-10H,11H2,1H3. The van der Waals surface area contributed by atoms with E-state index in [1.54, 1.807) is 0 Å². The number of hydrogen-bond acceptors (Lipinski definition) is 2. The molecular weight excluding hydrogens is 252 g/mol. The van der Waals surface area contributed by atoms with Crippen LogP contribution in [0.2, 0.25) is 0 Å². The molecular formula is C16H14N2S. The molecule has 0 bridgehead atoms. The van der Waals surface area contributed by atoms with Gasteiger partial charge in [0.25, 0.3) is 0 Å². The summed E-state index contributed by atoms with van der Waals surface area (Å²) in [4.78, 5) is 0.849. The highest BCUT2D eigenvalue weighted by molar-refractivity contribution is 7.80. The smallest absolute Gasteiger partial charge is 0.111 e. The van der Waals surface area contributed by atoms with E-state index in [9.17, 15) is 0 Å². The fourth-order valence-electron chi connectivity index (χ4n) is 2.11. The van der Waals surface area contributed by atoms with Gasteiger partial charge in [0.2, 0.25) is 0 Å². The average Bonchev–Trinajstić information content (AvgIpc) is 2.83. The van der Waals surface area contributed by atoms with Gasteiger partial charge in [0.1, 0.15) is 4.99 Å². The van der Waals surface area contributed by atoms with Gasteiger partial charge in [-0.05, 0) is 24.6 Å². The molecule has 0 saturated carbocycles. The molecule has 0 aliphatic carbocycles. The maximum Gasteiger partial charge on any atom is 0.111 e. The Labute approximate surface area is 118 Å². The van der Waals surface area contributed by atoms with Crippen LogP contribution in [0.3, 0.4) is 0 Å². The molecule has 0 amide bonds. The van der Waals surface area contributed by atoms with Crippen LogP contribution in [0.1, 0.15) is 17.5 Å². The van der Waals surface area contributed by atoms with Crippen LogP contribution in [0.15, 0.2) is 59.7 Å². The number of hydrogen-bond donors (Lipinski definition) is 0. The second kappa shape index (κ2) is 4.94. The molecule has 2 nitrogen and oxygen atoms in total. The van der Waals surface area contributed by atoms with E-state index in [1.807, 2.05) is 35.3 Å². The third kappa shape index (κ3) is 2.42. The van der Waals surface area contributed by atoms with E-state index in [4.69, 9.17) is 12.2 Å². The van der Waals surface area contributed by atoms with Gasteiger partial charge in [0.15, 0.2) is 0 Å². The molecule has 3 heteroatoms. The van der Waals surface area contributed by atoms with Crippen molar-refractivity contribution in [3.8, 4) is 0 Å². The van der Waals surface area contributed by atoms with Crippen LogP contribution in [0.25, 0.3) is 0 Å². The molecule has 0 saturated heterocycles. The van der Waals surface area contributed by atoms with Crippen LogP contribution in [-0.4, -0.2) is 10.7 Å². The zero-order chi connectivity index (χ0) is 13.2. The molecule has 0 atom stereocenters. The third-order valence-corrected chi connectivity index (χ3v) is 3.48. The summed E-state index contributed by atoms with van der Waals surface area (Å²) >= 11 is 5.44. The van der Waals surface area contributed by atoms with E-state index in [1.165, 1.54) is 5.56 Å². The summed E-state index contributed by atoms with van der Waals surface area (Å²) in [6.45, 7) is 2.08. The summed E-state index contributed by atoms with van der Waals surface area (Å²) in [6, 6.07) is 18.4. The number of hydrazone groups is 1. The second-order valence-corrected chi connectivity index (χ2v) is 5.10. The lowest BCUT2D eigenvalue weighted by atomic mass is 10.1. The van der Waals surface area contributed by atoms with Gasteiger partial charge in [-0.25, -0.2) is 5.01 Å². The van der Waals surface area contributed by atoms with Crippen molar-refractivity contribution in [3.05, 3.63) is 65.7 Å². The molecule has 2 aromatic rings. The van der Waals surface area contributed by atoms with Gasteiger partial charge in [-0.15, -0.1) is 0 Å². The molecule has 0 N–H and O–H groups in total. The Morgan fingerprint density at radius 1 is 1.00 bits per heavy atom. The lowest BCUT2D eigenvalue weighted by Gasteiger charge is -2.13. The summed E-state index contributed by atoms with van der Waals surface area (Å²) in [5.74, 6) is 0. The fourth-order valence-corrected chi connectivity index (χ4v) is 2.39. The molecule has 0 radical (unpaired) electrons. The maximum absolute atomic E-state index is 5.44. The monoisotopic (exact) mass is 266 g/mol.